The van der Waals surface area contributed by atoms with E-state index in [0.29, 0.717) is 0 Å². The lowest BCUT2D eigenvalue weighted by molar-refractivity contribution is 0.402. The number of nitrogens with one attached hydrogen (secondary N) is 1. The van der Waals surface area contributed by atoms with E-state index in [9.17, 15) is 0 Å². The summed E-state index contributed by atoms with van der Waals surface area (Å²) in [6.07, 6.45) is 5.29. The Labute approximate surface area is 100 Å². The van der Waals surface area contributed by atoms with Crippen molar-refractivity contribution < 1.29 is 0 Å². The van der Waals surface area contributed by atoms with Gasteiger partial charge < -0.3 is 0 Å². The highest BCUT2D eigenvalue weighted by Crippen LogP contribution is 2.40. The molecule has 2 unspecified atom stereocenters. The highest BCUT2D eigenvalue weighted by molar-refractivity contribution is 8.00. The summed E-state index contributed by atoms with van der Waals surface area (Å²) >= 11 is 2.01. The molecule has 1 saturated heterocycles. The summed E-state index contributed by atoms with van der Waals surface area (Å²) in [7, 11) is 1.88. The molecule has 1 aliphatic rings. The third-order valence-electron chi connectivity index (χ3n) is 3.25. The molecular weight excluding hydrogens is 222 g/mol. The molecule has 0 amide bonds. The number of thioether (sulfide) groups is 1. The van der Waals surface area contributed by atoms with Gasteiger partial charge in [-0.25, -0.2) is 0 Å². The first-order valence-electron chi connectivity index (χ1n) is 5.59. The molecule has 5 nitrogen and oxygen atoms in total. The van der Waals surface area contributed by atoms with Gasteiger partial charge in [-0.1, -0.05) is 5.21 Å². The van der Waals surface area contributed by atoms with Gasteiger partial charge in [-0.05, 0) is 25.5 Å². The minimum atomic E-state index is 0.228. The zero-order chi connectivity index (χ0) is 11.6. The number of aryl methyl sites for hydroxylation is 1. The van der Waals surface area contributed by atoms with Gasteiger partial charge in [-0.2, -0.15) is 11.8 Å². The highest BCUT2D eigenvalue weighted by atomic mass is 32.2. The molecule has 2 heterocycles. The maximum Gasteiger partial charge on any atom is 0.0843 e. The lowest BCUT2D eigenvalue weighted by atomic mass is 9.93. The second-order valence-electron chi connectivity index (χ2n) is 4.57. The largest absolute Gasteiger partial charge is 0.271 e. The van der Waals surface area contributed by atoms with E-state index in [0.717, 1.165) is 12.1 Å². The molecule has 2 rings (SSSR count). The van der Waals surface area contributed by atoms with E-state index in [-0.39, 0.29) is 10.8 Å². The second kappa shape index (κ2) is 4.73. The fraction of sp³-hybridized carbons (Fsp3) is 0.800. The Bertz CT molecular complexity index is 345. The van der Waals surface area contributed by atoms with Crippen LogP contribution in [0.5, 0.6) is 0 Å². The Morgan fingerprint density at radius 2 is 2.56 bits per heavy atom. The van der Waals surface area contributed by atoms with Crippen LogP contribution in [0.15, 0.2) is 6.20 Å². The molecule has 3 N–H and O–H groups in total. The normalized spacial score (nSPS) is 27.2. The zero-order valence-corrected chi connectivity index (χ0v) is 10.6. The maximum atomic E-state index is 5.67. The molecule has 0 saturated carbocycles. The number of nitrogens with two attached hydrogens (primary N) is 1. The Hall–Kier alpha value is -0.590. The van der Waals surface area contributed by atoms with Gasteiger partial charge in [0.1, 0.15) is 0 Å². The third kappa shape index (κ3) is 2.39. The van der Waals surface area contributed by atoms with Crippen molar-refractivity contribution in [1.29, 1.82) is 0 Å². The van der Waals surface area contributed by atoms with Crippen molar-refractivity contribution in [2.45, 2.75) is 37.0 Å². The van der Waals surface area contributed by atoms with Gasteiger partial charge in [-0.15, -0.1) is 5.10 Å². The molecule has 0 aromatic carbocycles. The third-order valence-corrected chi connectivity index (χ3v) is 4.89. The van der Waals surface area contributed by atoms with E-state index >= 15 is 0 Å². The molecule has 2 atom stereocenters. The lowest BCUT2D eigenvalue weighted by Gasteiger charge is -2.32. The van der Waals surface area contributed by atoms with Gasteiger partial charge in [0, 0.05) is 30.5 Å². The molecule has 16 heavy (non-hydrogen) atoms. The summed E-state index contributed by atoms with van der Waals surface area (Å²) in [5.74, 6) is 6.91. The molecule has 0 spiro atoms. The second-order valence-corrected chi connectivity index (χ2v) is 6.20. The van der Waals surface area contributed by atoms with E-state index in [4.69, 9.17) is 5.84 Å². The molecule has 1 fully saturated rings. The molecule has 1 aliphatic heterocycles. The van der Waals surface area contributed by atoms with Gasteiger partial charge in [0.15, 0.2) is 0 Å². The predicted octanol–water partition coefficient (Wildman–Crippen LogP) is 0.475. The first-order valence-corrected chi connectivity index (χ1v) is 6.58. The number of nitrogens with zero attached hydrogens (tertiary/aromatic N) is 3. The standard InChI is InChI=1S/C10H19N5S/c1-10(4-3-5-16-10)9(12-11)6-8-7-15(2)14-13-8/h7,9,12H,3-6,11H2,1-2H3. The smallest absolute Gasteiger partial charge is 0.0843 e. The summed E-state index contributed by atoms with van der Waals surface area (Å²) in [6.45, 7) is 2.28. The number of hydrogen-bond donors (Lipinski definition) is 2. The minimum absolute atomic E-state index is 0.228. The van der Waals surface area contributed by atoms with Crippen LogP contribution >= 0.6 is 11.8 Å². The monoisotopic (exact) mass is 241 g/mol. The fourth-order valence-corrected chi connectivity index (χ4v) is 3.62. The topological polar surface area (TPSA) is 68.8 Å². The summed E-state index contributed by atoms with van der Waals surface area (Å²) in [5, 5.41) is 8.06. The molecule has 1 aromatic heterocycles. The van der Waals surface area contributed by atoms with Gasteiger partial charge >= 0.3 is 0 Å². The molecule has 0 aliphatic carbocycles. The molecule has 1 aromatic rings. The van der Waals surface area contributed by atoms with Crippen LogP contribution in [0.3, 0.4) is 0 Å². The molecular formula is C10H19N5S. The van der Waals surface area contributed by atoms with Crippen molar-refractivity contribution in [3.8, 4) is 0 Å². The lowest BCUT2D eigenvalue weighted by Crippen LogP contribution is -2.50. The van der Waals surface area contributed by atoms with E-state index in [1.807, 2.05) is 25.0 Å². The number of hydrogen-bond acceptors (Lipinski definition) is 5. The van der Waals surface area contributed by atoms with Crippen molar-refractivity contribution >= 4 is 11.8 Å². The van der Waals surface area contributed by atoms with Crippen LogP contribution in [0.25, 0.3) is 0 Å². The Balaban J connectivity index is 2.05. The van der Waals surface area contributed by atoms with Crippen molar-refractivity contribution in [2.24, 2.45) is 12.9 Å². The molecule has 90 valence electrons. The van der Waals surface area contributed by atoms with Crippen LogP contribution in [-0.2, 0) is 13.5 Å². The van der Waals surface area contributed by atoms with Gasteiger partial charge in [0.05, 0.1) is 5.69 Å². The average Bonchev–Trinajstić information content (AvgIpc) is 2.85. The maximum absolute atomic E-state index is 5.67. The SMILES string of the molecule is Cn1cc(CC(NN)C2(C)CCCS2)nn1. The van der Waals surface area contributed by atoms with E-state index < -0.39 is 0 Å². The van der Waals surface area contributed by atoms with E-state index in [2.05, 4.69) is 22.7 Å². The van der Waals surface area contributed by atoms with Gasteiger partial charge in [0.2, 0.25) is 0 Å². The quantitative estimate of drug-likeness (QED) is 0.592. The minimum Gasteiger partial charge on any atom is -0.271 e. The van der Waals surface area contributed by atoms with Crippen LogP contribution in [0.1, 0.15) is 25.5 Å². The Kier molecular flexibility index (Phi) is 3.51. The zero-order valence-electron chi connectivity index (χ0n) is 9.81. The number of hydrazine groups is 1. The van der Waals surface area contributed by atoms with Crippen molar-refractivity contribution in [3.05, 3.63) is 11.9 Å². The predicted molar refractivity (Wildman–Crippen MR) is 65.9 cm³/mol. The van der Waals surface area contributed by atoms with E-state index in [1.165, 1.54) is 18.6 Å². The molecule has 0 bridgehead atoms. The fourth-order valence-electron chi connectivity index (χ4n) is 2.22. The summed E-state index contributed by atoms with van der Waals surface area (Å²) in [6, 6.07) is 0.261. The van der Waals surface area contributed by atoms with Crippen LogP contribution in [0.4, 0.5) is 0 Å². The highest BCUT2D eigenvalue weighted by Gasteiger charge is 2.37. The average molecular weight is 241 g/mol. The molecule has 6 heteroatoms. The van der Waals surface area contributed by atoms with Crippen molar-refractivity contribution in [3.63, 3.8) is 0 Å². The van der Waals surface area contributed by atoms with E-state index in [1.54, 1.807) is 4.68 Å². The Morgan fingerprint density at radius 1 is 1.75 bits per heavy atom. The van der Waals surface area contributed by atoms with Crippen LogP contribution in [-0.4, -0.2) is 31.5 Å². The summed E-state index contributed by atoms with van der Waals surface area (Å²) < 4.78 is 1.96. The number of aromatic nitrogens is 3. The van der Waals surface area contributed by atoms with Gasteiger partial charge in [0.25, 0.3) is 0 Å². The Morgan fingerprint density at radius 3 is 3.06 bits per heavy atom. The number of rotatable bonds is 4. The summed E-state index contributed by atoms with van der Waals surface area (Å²) in [5.41, 5.74) is 3.94. The van der Waals surface area contributed by atoms with Crippen molar-refractivity contribution in [1.82, 2.24) is 20.4 Å². The van der Waals surface area contributed by atoms with Gasteiger partial charge in [-0.3, -0.25) is 16.0 Å². The first kappa shape index (κ1) is 11.9. The molecule has 0 radical (unpaired) electrons. The first-order chi connectivity index (χ1) is 7.64. The van der Waals surface area contributed by atoms with Crippen LogP contribution in [0.2, 0.25) is 0 Å². The van der Waals surface area contributed by atoms with Crippen LogP contribution in [0, 0.1) is 0 Å². The van der Waals surface area contributed by atoms with Crippen molar-refractivity contribution in [2.75, 3.05) is 5.75 Å². The summed E-state index contributed by atoms with van der Waals surface area (Å²) in [4.78, 5) is 0. The van der Waals surface area contributed by atoms with Crippen LogP contribution < -0.4 is 11.3 Å².